The van der Waals surface area contributed by atoms with E-state index in [1.165, 1.54) is 0 Å². The molecule has 0 saturated carbocycles. The minimum Gasteiger partial charge on any atom is -0.258 e. The Bertz CT molecular complexity index is 523. The third-order valence-electron chi connectivity index (χ3n) is 1.79. The van der Waals surface area contributed by atoms with Crippen molar-refractivity contribution < 1.29 is 4.92 Å². The Labute approximate surface area is 111 Å². The van der Waals surface area contributed by atoms with Gasteiger partial charge in [0.15, 0.2) is 0 Å². The highest BCUT2D eigenvalue weighted by atomic mass is 127. The second-order valence-electron chi connectivity index (χ2n) is 2.64. The summed E-state index contributed by atoms with van der Waals surface area (Å²) < 4.78 is 2.87. The fraction of sp³-hybridized carbons (Fsp3) is 0. The van der Waals surface area contributed by atoms with Crippen LogP contribution >= 0.6 is 56.5 Å². The Balaban J connectivity index is 2.80. The number of rotatable bonds is 1. The summed E-state index contributed by atoms with van der Waals surface area (Å²) in [5.74, 6) is 0. The van der Waals surface area contributed by atoms with Gasteiger partial charge in [0, 0.05) is 25.1 Å². The second kappa shape index (κ2) is 3.89. The number of nitrogens with zero attached hydrogens (tertiary/aromatic N) is 1. The molecule has 1 aromatic heterocycles. The highest BCUT2D eigenvalue weighted by Gasteiger charge is 2.14. The van der Waals surface area contributed by atoms with Crippen molar-refractivity contribution in [1.82, 2.24) is 0 Å². The van der Waals surface area contributed by atoms with Crippen LogP contribution in [0.2, 0.25) is 0 Å². The van der Waals surface area contributed by atoms with Gasteiger partial charge < -0.3 is 0 Å². The van der Waals surface area contributed by atoms with E-state index in [1.807, 2.05) is 34.0 Å². The van der Waals surface area contributed by atoms with Crippen molar-refractivity contribution in [3.8, 4) is 0 Å². The van der Waals surface area contributed by atoms with Crippen LogP contribution in [0.15, 0.2) is 17.5 Å². The summed E-state index contributed by atoms with van der Waals surface area (Å²) >= 11 is 5.80. The molecule has 0 bridgehead atoms. The van der Waals surface area contributed by atoms with Gasteiger partial charge in [-0.2, -0.15) is 0 Å². The van der Waals surface area contributed by atoms with Crippen LogP contribution in [0.3, 0.4) is 0 Å². The molecule has 72 valence electrons. The van der Waals surface area contributed by atoms with Gasteiger partial charge in [-0.15, -0.1) is 11.3 Å². The molecule has 0 amide bonds. The minimum atomic E-state index is -0.338. The number of hydrogen-bond donors (Lipinski definition) is 0. The molecule has 0 radical (unpaired) electrons. The molecule has 0 N–H and O–H groups in total. The molecule has 2 aromatic rings. The maximum atomic E-state index is 10.7. The highest BCUT2D eigenvalue weighted by Crippen LogP contribution is 2.33. The molecular formula is C8H3I2NO2S. The van der Waals surface area contributed by atoms with Gasteiger partial charge in [-0.25, -0.2) is 0 Å². The summed E-state index contributed by atoms with van der Waals surface area (Å²) in [6, 6.07) is 3.51. The monoisotopic (exact) mass is 431 g/mol. The van der Waals surface area contributed by atoms with Gasteiger partial charge in [0.2, 0.25) is 0 Å². The maximum Gasteiger partial charge on any atom is 0.283 e. The van der Waals surface area contributed by atoms with Crippen LogP contribution < -0.4 is 0 Å². The quantitative estimate of drug-likeness (QED) is 0.389. The molecule has 1 heterocycles. The standard InChI is InChI=1S/C8H3I2NO2S/c9-5-2-8-4(6(10)3-14-8)1-7(5)11(12)13/h1-3H. The second-order valence-corrected chi connectivity index (χ2v) is 5.88. The molecule has 0 aliphatic carbocycles. The first-order valence-corrected chi connectivity index (χ1v) is 6.64. The molecule has 0 fully saturated rings. The maximum absolute atomic E-state index is 10.7. The van der Waals surface area contributed by atoms with Crippen LogP contribution in [0.4, 0.5) is 5.69 Å². The Morgan fingerprint density at radius 2 is 2.00 bits per heavy atom. The van der Waals surface area contributed by atoms with E-state index in [0.717, 1.165) is 13.7 Å². The Morgan fingerprint density at radius 1 is 1.29 bits per heavy atom. The fourth-order valence-corrected chi connectivity index (χ4v) is 3.87. The zero-order valence-electron chi connectivity index (χ0n) is 6.66. The summed E-state index contributed by atoms with van der Waals surface area (Å²) in [6.07, 6.45) is 0. The lowest BCUT2D eigenvalue weighted by Gasteiger charge is -1.96. The molecule has 0 atom stereocenters. The molecule has 0 aliphatic heterocycles. The number of fused-ring (bicyclic) bond motifs is 1. The number of benzene rings is 1. The zero-order valence-corrected chi connectivity index (χ0v) is 11.8. The van der Waals surface area contributed by atoms with E-state index in [-0.39, 0.29) is 10.6 Å². The summed E-state index contributed by atoms with van der Waals surface area (Å²) in [7, 11) is 0. The van der Waals surface area contributed by atoms with Gasteiger partial charge >= 0.3 is 0 Å². The first-order chi connectivity index (χ1) is 6.59. The van der Waals surface area contributed by atoms with Gasteiger partial charge in [-0.05, 0) is 51.2 Å². The Kier molecular flexibility index (Phi) is 2.93. The van der Waals surface area contributed by atoms with E-state index in [4.69, 9.17) is 0 Å². The normalized spacial score (nSPS) is 10.7. The average molecular weight is 431 g/mol. The number of nitro groups is 1. The summed E-state index contributed by atoms with van der Waals surface area (Å²) in [5, 5.41) is 13.7. The third-order valence-corrected chi connectivity index (χ3v) is 4.92. The zero-order chi connectivity index (χ0) is 10.3. The fourth-order valence-electron chi connectivity index (χ4n) is 1.15. The lowest BCUT2D eigenvalue weighted by molar-refractivity contribution is -0.385. The molecule has 0 spiro atoms. The molecule has 0 aliphatic rings. The van der Waals surface area contributed by atoms with Crippen LogP contribution in [0, 0.1) is 17.3 Å². The van der Waals surface area contributed by atoms with Crippen LogP contribution in [0.5, 0.6) is 0 Å². The molecule has 14 heavy (non-hydrogen) atoms. The third kappa shape index (κ3) is 1.74. The molecular weight excluding hydrogens is 428 g/mol. The van der Waals surface area contributed by atoms with Crippen molar-refractivity contribution >= 4 is 72.3 Å². The molecule has 6 heteroatoms. The number of thiophene rings is 1. The largest absolute Gasteiger partial charge is 0.283 e. The van der Waals surface area contributed by atoms with Crippen molar-refractivity contribution in [2.45, 2.75) is 0 Å². The number of nitro benzene ring substituents is 1. The van der Waals surface area contributed by atoms with Crippen LogP contribution in [-0.2, 0) is 0 Å². The van der Waals surface area contributed by atoms with E-state index >= 15 is 0 Å². The number of halogens is 2. The first-order valence-electron chi connectivity index (χ1n) is 3.60. The molecule has 0 unspecified atom stereocenters. The van der Waals surface area contributed by atoms with Crippen molar-refractivity contribution in [3.05, 3.63) is 34.8 Å². The Hall–Kier alpha value is 0.0400. The SMILES string of the molecule is O=[N+]([O-])c1cc2c(I)csc2cc1I. The summed E-state index contributed by atoms with van der Waals surface area (Å²) in [4.78, 5) is 10.4. The predicted octanol–water partition coefficient (Wildman–Crippen LogP) is 4.02. The van der Waals surface area contributed by atoms with E-state index in [0.29, 0.717) is 3.57 Å². The van der Waals surface area contributed by atoms with Crippen LogP contribution in [-0.4, -0.2) is 4.92 Å². The van der Waals surface area contributed by atoms with Gasteiger partial charge in [-0.1, -0.05) is 0 Å². The van der Waals surface area contributed by atoms with Crippen molar-refractivity contribution in [2.75, 3.05) is 0 Å². The molecule has 0 saturated heterocycles. The minimum absolute atomic E-state index is 0.189. The van der Waals surface area contributed by atoms with Gasteiger partial charge in [-0.3, -0.25) is 10.1 Å². The van der Waals surface area contributed by atoms with E-state index in [1.54, 1.807) is 17.4 Å². The summed E-state index contributed by atoms with van der Waals surface area (Å²) in [5.41, 5.74) is 0.189. The predicted molar refractivity (Wildman–Crippen MR) is 73.9 cm³/mol. The molecule has 2 rings (SSSR count). The van der Waals surface area contributed by atoms with E-state index < -0.39 is 0 Å². The topological polar surface area (TPSA) is 43.1 Å². The smallest absolute Gasteiger partial charge is 0.258 e. The highest BCUT2D eigenvalue weighted by molar-refractivity contribution is 14.1. The van der Waals surface area contributed by atoms with Gasteiger partial charge in [0.05, 0.1) is 8.49 Å². The van der Waals surface area contributed by atoms with Gasteiger partial charge in [0.25, 0.3) is 5.69 Å². The summed E-state index contributed by atoms with van der Waals surface area (Å²) in [6.45, 7) is 0. The lowest BCUT2D eigenvalue weighted by Crippen LogP contribution is -1.90. The van der Waals surface area contributed by atoms with Crippen LogP contribution in [0.1, 0.15) is 0 Å². The molecule has 1 aromatic carbocycles. The number of hydrogen-bond acceptors (Lipinski definition) is 3. The first kappa shape index (κ1) is 10.6. The van der Waals surface area contributed by atoms with Crippen molar-refractivity contribution in [2.24, 2.45) is 0 Å². The average Bonchev–Trinajstić information content (AvgIpc) is 2.46. The van der Waals surface area contributed by atoms with Gasteiger partial charge in [0.1, 0.15) is 0 Å². The Morgan fingerprint density at radius 3 is 2.64 bits per heavy atom. The van der Waals surface area contributed by atoms with Crippen molar-refractivity contribution in [1.29, 1.82) is 0 Å². The van der Waals surface area contributed by atoms with E-state index in [9.17, 15) is 10.1 Å². The van der Waals surface area contributed by atoms with E-state index in [2.05, 4.69) is 22.6 Å². The van der Waals surface area contributed by atoms with Crippen LogP contribution in [0.25, 0.3) is 10.1 Å². The van der Waals surface area contributed by atoms with Crippen molar-refractivity contribution in [3.63, 3.8) is 0 Å². The lowest BCUT2D eigenvalue weighted by atomic mass is 10.2. The molecule has 3 nitrogen and oxygen atoms in total.